The fourth-order valence-corrected chi connectivity index (χ4v) is 1.83. The van der Waals surface area contributed by atoms with E-state index in [2.05, 4.69) is 33.9 Å². The molecule has 0 unspecified atom stereocenters. The molecule has 0 saturated carbocycles. The van der Waals surface area contributed by atoms with Crippen LogP contribution in [0.25, 0.3) is 10.9 Å². The van der Waals surface area contributed by atoms with Crippen LogP contribution in [0.1, 0.15) is 19.4 Å². The molecule has 0 bridgehead atoms. The number of hydrogen-bond acceptors (Lipinski definition) is 0. The Kier molecular flexibility index (Phi) is 4.02. The largest absolute Gasteiger partial charge is 0.360 e. The number of aromatic nitrogens is 1. The van der Waals surface area contributed by atoms with E-state index < -0.39 is 0 Å². The van der Waals surface area contributed by atoms with E-state index in [0.717, 1.165) is 15.0 Å². The Morgan fingerprint density at radius 2 is 1.93 bits per heavy atom. The van der Waals surface area contributed by atoms with Gasteiger partial charge in [0.15, 0.2) is 0 Å². The summed E-state index contributed by atoms with van der Waals surface area (Å²) in [6, 6.07) is 4.02. The van der Waals surface area contributed by atoms with E-state index in [1.165, 1.54) is 10.9 Å². The maximum atomic E-state index is 6.06. The van der Waals surface area contributed by atoms with Crippen molar-refractivity contribution >= 4 is 38.4 Å². The number of benzene rings is 1. The monoisotopic (exact) mass is 273 g/mol. The van der Waals surface area contributed by atoms with E-state index >= 15 is 0 Å². The molecule has 0 atom stereocenters. The first kappa shape index (κ1) is 11.6. The first-order valence-corrected chi connectivity index (χ1v) is 5.79. The molecule has 1 N–H and O–H groups in total. The van der Waals surface area contributed by atoms with Crippen LogP contribution in [0.4, 0.5) is 0 Å². The van der Waals surface area contributed by atoms with E-state index in [0.29, 0.717) is 0 Å². The molecule has 76 valence electrons. The summed E-state index contributed by atoms with van der Waals surface area (Å²) in [5.41, 5.74) is 2.22. The van der Waals surface area contributed by atoms with E-state index in [4.69, 9.17) is 11.6 Å². The maximum absolute atomic E-state index is 6.06. The number of halogens is 2. The van der Waals surface area contributed by atoms with Crippen molar-refractivity contribution < 1.29 is 0 Å². The molecule has 14 heavy (non-hydrogen) atoms. The van der Waals surface area contributed by atoms with Gasteiger partial charge in [-0.15, -0.1) is 0 Å². The summed E-state index contributed by atoms with van der Waals surface area (Å²) >= 11 is 9.43. The smallest absolute Gasteiger partial charge is 0.0789 e. The Bertz CT molecular complexity index is 434. The van der Waals surface area contributed by atoms with Crippen LogP contribution in [0.5, 0.6) is 0 Å². The second kappa shape index (κ2) is 4.85. The van der Waals surface area contributed by atoms with Crippen molar-refractivity contribution in [3.63, 3.8) is 0 Å². The molecule has 3 heteroatoms. The summed E-state index contributed by atoms with van der Waals surface area (Å²) in [4.78, 5) is 3.14. The highest BCUT2D eigenvalue weighted by Crippen LogP contribution is 2.31. The van der Waals surface area contributed by atoms with Crippen molar-refractivity contribution in [2.45, 2.75) is 20.8 Å². The second-order valence-corrected chi connectivity index (χ2v) is 3.99. The Hall–Kier alpha value is -0.470. The van der Waals surface area contributed by atoms with E-state index in [1.807, 2.05) is 26.1 Å². The molecular weight excluding hydrogens is 261 g/mol. The van der Waals surface area contributed by atoms with Crippen LogP contribution >= 0.6 is 27.5 Å². The van der Waals surface area contributed by atoms with Crippen molar-refractivity contribution in [1.82, 2.24) is 4.98 Å². The van der Waals surface area contributed by atoms with Gasteiger partial charge in [0.1, 0.15) is 0 Å². The molecule has 1 heterocycles. The average molecular weight is 275 g/mol. The Balaban J connectivity index is 0.000000461. The first-order chi connectivity index (χ1) is 6.70. The molecule has 0 saturated heterocycles. The van der Waals surface area contributed by atoms with Gasteiger partial charge in [-0.3, -0.25) is 0 Å². The van der Waals surface area contributed by atoms with E-state index in [1.54, 1.807) is 0 Å². The fourth-order valence-electron chi connectivity index (χ4n) is 1.28. The van der Waals surface area contributed by atoms with Gasteiger partial charge in [0.25, 0.3) is 0 Å². The molecule has 0 aliphatic rings. The normalized spacial score (nSPS) is 9.79. The summed E-state index contributed by atoms with van der Waals surface area (Å²) in [5, 5.41) is 1.93. The van der Waals surface area contributed by atoms with Crippen LogP contribution in [0.15, 0.2) is 22.8 Å². The molecule has 2 rings (SSSR count). The topological polar surface area (TPSA) is 15.8 Å². The van der Waals surface area contributed by atoms with Crippen LogP contribution < -0.4 is 0 Å². The minimum Gasteiger partial charge on any atom is -0.360 e. The first-order valence-electron chi connectivity index (χ1n) is 4.62. The number of aromatic amines is 1. The molecule has 0 radical (unpaired) electrons. The summed E-state index contributed by atoms with van der Waals surface area (Å²) in [6.07, 6.45) is 1.96. The number of fused-ring (bicyclic) bond motifs is 1. The third-order valence-electron chi connectivity index (χ3n) is 1.95. The van der Waals surface area contributed by atoms with Crippen LogP contribution in [0.2, 0.25) is 5.02 Å². The zero-order valence-electron chi connectivity index (χ0n) is 8.49. The third-order valence-corrected chi connectivity index (χ3v) is 3.23. The standard InChI is InChI=1S/C9H7BrClN.C2H6/c1-5-4-12-9-6(5)2-3-7(10)8(9)11;1-2/h2-4,12H,1H3;1-2H3. The molecular formula is C11H13BrClN. The molecule has 0 fully saturated rings. The van der Waals surface area contributed by atoms with Crippen molar-refractivity contribution in [1.29, 1.82) is 0 Å². The van der Waals surface area contributed by atoms with Gasteiger partial charge in [-0.1, -0.05) is 31.5 Å². The lowest BCUT2D eigenvalue weighted by molar-refractivity contribution is 1.42. The van der Waals surface area contributed by atoms with Gasteiger partial charge in [0.05, 0.1) is 10.5 Å². The van der Waals surface area contributed by atoms with Crippen molar-refractivity contribution in [3.8, 4) is 0 Å². The highest BCUT2D eigenvalue weighted by Gasteiger charge is 2.05. The lowest BCUT2D eigenvalue weighted by Gasteiger charge is -1.97. The SMILES string of the molecule is CC.Cc1c[nH]c2c(Cl)c(Br)ccc12. The molecule has 2 aromatic rings. The van der Waals surface area contributed by atoms with Crippen LogP contribution in [0, 0.1) is 6.92 Å². The van der Waals surface area contributed by atoms with Gasteiger partial charge in [-0.2, -0.15) is 0 Å². The highest BCUT2D eigenvalue weighted by atomic mass is 79.9. The summed E-state index contributed by atoms with van der Waals surface area (Å²) in [7, 11) is 0. The maximum Gasteiger partial charge on any atom is 0.0789 e. The Morgan fingerprint density at radius 3 is 2.57 bits per heavy atom. The van der Waals surface area contributed by atoms with Gasteiger partial charge < -0.3 is 4.98 Å². The van der Waals surface area contributed by atoms with Gasteiger partial charge in [-0.05, 0) is 34.5 Å². The van der Waals surface area contributed by atoms with Gasteiger partial charge in [0.2, 0.25) is 0 Å². The van der Waals surface area contributed by atoms with E-state index in [-0.39, 0.29) is 0 Å². The number of rotatable bonds is 0. The zero-order chi connectivity index (χ0) is 10.7. The van der Waals surface area contributed by atoms with Gasteiger partial charge in [0, 0.05) is 16.1 Å². The lowest BCUT2D eigenvalue weighted by atomic mass is 10.2. The van der Waals surface area contributed by atoms with Crippen molar-refractivity contribution in [3.05, 3.63) is 33.4 Å². The molecule has 0 spiro atoms. The number of H-pyrrole nitrogens is 1. The minimum atomic E-state index is 0.751. The molecule has 1 nitrogen and oxygen atoms in total. The number of aryl methyl sites for hydroxylation is 1. The lowest BCUT2D eigenvalue weighted by Crippen LogP contribution is -1.73. The second-order valence-electron chi connectivity index (χ2n) is 2.76. The Labute approximate surface area is 97.6 Å². The minimum absolute atomic E-state index is 0.751. The van der Waals surface area contributed by atoms with Gasteiger partial charge >= 0.3 is 0 Å². The number of nitrogens with one attached hydrogen (secondary N) is 1. The summed E-state index contributed by atoms with van der Waals surface area (Å²) < 4.78 is 0.929. The highest BCUT2D eigenvalue weighted by molar-refractivity contribution is 9.10. The molecule has 1 aromatic heterocycles. The van der Waals surface area contributed by atoms with Crippen molar-refractivity contribution in [2.75, 3.05) is 0 Å². The molecule has 1 aromatic carbocycles. The predicted octanol–water partition coefficient (Wildman–Crippen LogP) is 4.92. The fraction of sp³-hybridized carbons (Fsp3) is 0.273. The Morgan fingerprint density at radius 1 is 1.29 bits per heavy atom. The predicted molar refractivity (Wildman–Crippen MR) is 67.1 cm³/mol. The van der Waals surface area contributed by atoms with Gasteiger partial charge in [-0.25, -0.2) is 0 Å². The van der Waals surface area contributed by atoms with Crippen LogP contribution in [-0.2, 0) is 0 Å². The third kappa shape index (κ3) is 1.96. The van der Waals surface area contributed by atoms with Crippen LogP contribution in [0.3, 0.4) is 0 Å². The quantitative estimate of drug-likeness (QED) is 0.702. The molecule has 0 aliphatic carbocycles. The average Bonchev–Trinajstić information content (AvgIpc) is 2.58. The van der Waals surface area contributed by atoms with Crippen molar-refractivity contribution in [2.24, 2.45) is 0 Å². The summed E-state index contributed by atoms with van der Waals surface area (Å²) in [5.74, 6) is 0. The van der Waals surface area contributed by atoms with E-state index in [9.17, 15) is 0 Å². The molecule has 0 aliphatic heterocycles. The zero-order valence-corrected chi connectivity index (χ0v) is 10.8. The summed E-state index contributed by atoms with van der Waals surface area (Å²) in [6.45, 7) is 6.06. The van der Waals surface area contributed by atoms with Crippen LogP contribution in [-0.4, -0.2) is 4.98 Å². The number of hydrogen-bond donors (Lipinski definition) is 1. The molecule has 0 amide bonds.